The lowest BCUT2D eigenvalue weighted by Gasteiger charge is -2.07. The topological polar surface area (TPSA) is 46.5 Å². The lowest BCUT2D eigenvalue weighted by Crippen LogP contribution is -2.00. The Kier molecular flexibility index (Phi) is 4.79. The summed E-state index contributed by atoms with van der Waals surface area (Å²) >= 11 is 5.76. The zero-order valence-electron chi connectivity index (χ0n) is 8.32. The molecule has 0 heterocycles. The first-order valence-corrected chi connectivity index (χ1v) is 4.90. The van der Waals surface area contributed by atoms with Gasteiger partial charge in [0.15, 0.2) is 0 Å². The second kappa shape index (κ2) is 6.12. The van der Waals surface area contributed by atoms with E-state index in [1.54, 1.807) is 18.2 Å². The Bertz CT molecular complexity index is 404. The van der Waals surface area contributed by atoms with E-state index >= 15 is 0 Å². The second-order valence-corrected chi connectivity index (χ2v) is 3.33. The summed E-state index contributed by atoms with van der Waals surface area (Å²) in [6.45, 7) is -0.680. The molecule has 0 unspecified atom stereocenters. The van der Waals surface area contributed by atoms with Gasteiger partial charge in [-0.2, -0.15) is 0 Å². The third kappa shape index (κ3) is 3.90. The van der Waals surface area contributed by atoms with Crippen molar-refractivity contribution in [2.45, 2.75) is 0 Å². The minimum atomic E-state index is -1.07. The van der Waals surface area contributed by atoms with Gasteiger partial charge in [-0.15, -0.1) is 0 Å². The summed E-state index contributed by atoms with van der Waals surface area (Å²) in [4.78, 5) is 10.4. The highest BCUT2D eigenvalue weighted by atomic mass is 35.5. The van der Waals surface area contributed by atoms with Crippen molar-refractivity contribution in [2.75, 3.05) is 13.3 Å². The van der Waals surface area contributed by atoms with Gasteiger partial charge >= 0.3 is 5.97 Å². The van der Waals surface area contributed by atoms with Crippen LogP contribution in [0.25, 0.3) is 6.08 Å². The molecule has 0 aliphatic heterocycles. The Hall–Kier alpha value is -1.55. The summed E-state index contributed by atoms with van der Waals surface area (Å²) in [5.74, 6) is -0.670. The zero-order valence-corrected chi connectivity index (χ0v) is 9.08. The van der Waals surface area contributed by atoms with E-state index in [1.165, 1.54) is 6.08 Å². The van der Waals surface area contributed by atoms with Gasteiger partial charge in [0.05, 0.1) is 0 Å². The molecular weight excluding hydrogens is 235 g/mol. The molecule has 5 heteroatoms. The molecule has 0 bridgehead atoms. The summed E-state index contributed by atoms with van der Waals surface area (Å²) in [6.07, 6.45) is 2.32. The number of hydrogen-bond acceptors (Lipinski definition) is 2. The summed E-state index contributed by atoms with van der Waals surface area (Å²) < 4.78 is 17.0. The number of benzene rings is 1. The van der Waals surface area contributed by atoms with Gasteiger partial charge in [0.25, 0.3) is 0 Å². The zero-order chi connectivity index (χ0) is 12.0. The Morgan fingerprint density at radius 3 is 2.94 bits per heavy atom. The summed E-state index contributed by atoms with van der Waals surface area (Å²) in [7, 11) is 0. The molecule has 0 spiro atoms. The first kappa shape index (κ1) is 12.5. The molecule has 3 nitrogen and oxygen atoms in total. The molecule has 0 saturated carbocycles. The molecule has 1 N–H and O–H groups in total. The molecule has 1 aromatic rings. The first-order valence-electron chi connectivity index (χ1n) is 4.53. The second-order valence-electron chi connectivity index (χ2n) is 2.89. The van der Waals surface area contributed by atoms with Gasteiger partial charge in [0.1, 0.15) is 19.0 Å². The summed E-state index contributed by atoms with van der Waals surface area (Å²) in [6, 6.07) is 4.71. The number of hydrogen-bond donors (Lipinski definition) is 1. The molecule has 0 aliphatic rings. The fourth-order valence-corrected chi connectivity index (χ4v) is 1.27. The van der Waals surface area contributed by atoms with E-state index in [0.29, 0.717) is 16.3 Å². The van der Waals surface area contributed by atoms with Crippen molar-refractivity contribution in [1.29, 1.82) is 0 Å². The van der Waals surface area contributed by atoms with Crippen LogP contribution in [0.15, 0.2) is 24.3 Å². The van der Waals surface area contributed by atoms with Crippen molar-refractivity contribution < 1.29 is 19.0 Å². The summed E-state index contributed by atoms with van der Waals surface area (Å²) in [5, 5.41) is 8.95. The maximum atomic E-state index is 11.9. The molecule has 0 saturated heterocycles. The number of rotatable bonds is 5. The third-order valence-electron chi connectivity index (χ3n) is 1.71. The van der Waals surface area contributed by atoms with Gasteiger partial charge in [0, 0.05) is 16.7 Å². The Labute approximate surface area is 97.1 Å². The number of alkyl halides is 1. The normalized spacial score (nSPS) is 10.6. The van der Waals surface area contributed by atoms with E-state index in [0.717, 1.165) is 6.08 Å². The molecule has 0 amide bonds. The number of carboxylic acids is 1. The Morgan fingerprint density at radius 2 is 2.31 bits per heavy atom. The lowest BCUT2D eigenvalue weighted by molar-refractivity contribution is -0.131. The Balaban J connectivity index is 2.93. The maximum Gasteiger partial charge on any atom is 0.328 e. The fraction of sp³-hybridized carbons (Fsp3) is 0.182. The fourth-order valence-electron chi connectivity index (χ4n) is 1.09. The third-order valence-corrected chi connectivity index (χ3v) is 1.95. The molecule has 0 fully saturated rings. The first-order chi connectivity index (χ1) is 7.63. The van der Waals surface area contributed by atoms with Crippen LogP contribution in [-0.4, -0.2) is 24.4 Å². The highest BCUT2D eigenvalue weighted by molar-refractivity contribution is 6.30. The van der Waals surface area contributed by atoms with Crippen molar-refractivity contribution in [2.24, 2.45) is 0 Å². The van der Waals surface area contributed by atoms with Crippen LogP contribution in [0.2, 0.25) is 5.02 Å². The highest BCUT2D eigenvalue weighted by Gasteiger charge is 2.02. The van der Waals surface area contributed by atoms with E-state index in [9.17, 15) is 9.18 Å². The van der Waals surface area contributed by atoms with E-state index in [4.69, 9.17) is 21.4 Å². The largest absolute Gasteiger partial charge is 0.490 e. The minimum Gasteiger partial charge on any atom is -0.490 e. The molecule has 0 radical (unpaired) electrons. The number of ether oxygens (including phenoxy) is 1. The smallest absolute Gasteiger partial charge is 0.328 e. The number of carbonyl (C=O) groups is 1. The number of aliphatic carboxylic acids is 1. The predicted octanol–water partition coefficient (Wildman–Crippen LogP) is 2.79. The average Bonchev–Trinajstić information content (AvgIpc) is 2.25. The van der Waals surface area contributed by atoms with Crippen molar-refractivity contribution in [3.8, 4) is 5.75 Å². The quantitative estimate of drug-likeness (QED) is 0.810. The predicted molar refractivity (Wildman–Crippen MR) is 59.6 cm³/mol. The van der Waals surface area contributed by atoms with Crippen molar-refractivity contribution in [1.82, 2.24) is 0 Å². The van der Waals surface area contributed by atoms with E-state index < -0.39 is 12.6 Å². The van der Waals surface area contributed by atoms with Gasteiger partial charge in [0.2, 0.25) is 0 Å². The maximum absolute atomic E-state index is 11.9. The minimum absolute atomic E-state index is 0.0739. The molecule has 16 heavy (non-hydrogen) atoms. The van der Waals surface area contributed by atoms with Crippen molar-refractivity contribution in [3.05, 3.63) is 34.9 Å². The molecule has 1 aromatic carbocycles. The highest BCUT2D eigenvalue weighted by Crippen LogP contribution is 2.24. The van der Waals surface area contributed by atoms with Crippen molar-refractivity contribution >= 4 is 23.6 Å². The average molecular weight is 245 g/mol. The van der Waals surface area contributed by atoms with Crippen LogP contribution in [0.1, 0.15) is 5.56 Å². The molecule has 86 valence electrons. The van der Waals surface area contributed by atoms with E-state index in [1.807, 2.05) is 0 Å². The summed E-state index contributed by atoms with van der Waals surface area (Å²) in [5.41, 5.74) is 0.503. The lowest BCUT2D eigenvalue weighted by atomic mass is 10.2. The van der Waals surface area contributed by atoms with Crippen LogP contribution >= 0.6 is 11.6 Å². The Morgan fingerprint density at radius 1 is 1.56 bits per heavy atom. The van der Waals surface area contributed by atoms with Crippen LogP contribution in [-0.2, 0) is 4.79 Å². The van der Waals surface area contributed by atoms with Gasteiger partial charge in [-0.25, -0.2) is 9.18 Å². The molecule has 0 atom stereocenters. The number of halogens is 2. The molecule has 1 rings (SSSR count). The van der Waals surface area contributed by atoms with E-state index in [-0.39, 0.29) is 6.61 Å². The van der Waals surface area contributed by atoms with Gasteiger partial charge < -0.3 is 9.84 Å². The number of carboxylic acid groups (broad SMARTS) is 1. The van der Waals surface area contributed by atoms with Gasteiger partial charge in [-0.1, -0.05) is 11.6 Å². The van der Waals surface area contributed by atoms with Crippen molar-refractivity contribution in [3.63, 3.8) is 0 Å². The van der Waals surface area contributed by atoms with Gasteiger partial charge in [-0.05, 0) is 24.3 Å². The monoisotopic (exact) mass is 244 g/mol. The molecule has 0 aromatic heterocycles. The van der Waals surface area contributed by atoms with Crippen LogP contribution in [0.3, 0.4) is 0 Å². The van der Waals surface area contributed by atoms with E-state index in [2.05, 4.69) is 0 Å². The van der Waals surface area contributed by atoms with Crippen LogP contribution in [0.4, 0.5) is 4.39 Å². The van der Waals surface area contributed by atoms with Crippen LogP contribution in [0.5, 0.6) is 5.75 Å². The molecular formula is C11H10ClFO3. The standard InChI is InChI=1S/C11H10ClFO3/c12-9-2-3-10(16-6-5-13)8(7-9)1-4-11(14)15/h1-4,7H,5-6H2,(H,14,15)/b4-1+. The van der Waals surface area contributed by atoms with Crippen LogP contribution < -0.4 is 4.74 Å². The molecule has 0 aliphatic carbocycles. The van der Waals surface area contributed by atoms with Gasteiger partial charge in [-0.3, -0.25) is 0 Å². The van der Waals surface area contributed by atoms with Crippen LogP contribution in [0, 0.1) is 0 Å². The SMILES string of the molecule is O=C(O)/C=C/c1cc(Cl)ccc1OCCF.